The molecule has 0 aliphatic rings. The fourth-order valence-corrected chi connectivity index (χ4v) is 1.75. The maximum absolute atomic E-state index is 10.9. The molecule has 0 bridgehead atoms. The molecule has 6 nitrogen and oxygen atoms in total. The molecule has 0 unspecified atom stereocenters. The van der Waals surface area contributed by atoms with Gasteiger partial charge in [0.25, 0.3) is 0 Å². The largest absolute Gasteiger partial charge is 0.451 e. The molecule has 0 aliphatic heterocycles. The van der Waals surface area contributed by atoms with Crippen LogP contribution in [0.4, 0.5) is 10.5 Å². The van der Waals surface area contributed by atoms with Crippen LogP contribution in [0.25, 0.3) is 11.0 Å². The van der Waals surface area contributed by atoms with Crippen LogP contribution in [0.5, 0.6) is 0 Å². The average Bonchev–Trinajstić information content (AvgIpc) is 2.66. The lowest BCUT2D eigenvalue weighted by atomic mass is 10.1. The Labute approximate surface area is 103 Å². The number of rotatable bonds is 4. The summed E-state index contributed by atoms with van der Waals surface area (Å²) in [6.45, 7) is 0.436. The van der Waals surface area contributed by atoms with Gasteiger partial charge >= 0.3 is 6.03 Å². The van der Waals surface area contributed by atoms with Gasteiger partial charge in [-0.25, -0.2) is 4.79 Å². The van der Waals surface area contributed by atoms with Gasteiger partial charge in [-0.3, -0.25) is 4.79 Å². The molecule has 2 aromatic rings. The number of aldehydes is 1. The number of carbonyl (C=O) groups excluding carboxylic acids is 2. The second-order valence-electron chi connectivity index (χ2n) is 3.71. The number of anilines is 1. The van der Waals surface area contributed by atoms with Crippen molar-refractivity contribution in [2.45, 2.75) is 6.61 Å². The van der Waals surface area contributed by atoms with Gasteiger partial charge in [-0.05, 0) is 17.7 Å². The molecular formula is C12H12N2O4. The molecule has 1 aromatic carbocycles. The van der Waals surface area contributed by atoms with Gasteiger partial charge in [0, 0.05) is 12.5 Å². The lowest BCUT2D eigenvalue weighted by molar-refractivity contribution is 0.110. The van der Waals surface area contributed by atoms with Crippen molar-refractivity contribution >= 4 is 29.0 Å². The van der Waals surface area contributed by atoms with Crippen molar-refractivity contribution in [3.8, 4) is 0 Å². The second-order valence-corrected chi connectivity index (χ2v) is 3.71. The summed E-state index contributed by atoms with van der Waals surface area (Å²) in [5.41, 5.74) is 6.74. The van der Waals surface area contributed by atoms with Crippen LogP contribution in [0.3, 0.4) is 0 Å². The van der Waals surface area contributed by atoms with Crippen molar-refractivity contribution in [3.05, 3.63) is 29.5 Å². The zero-order valence-corrected chi connectivity index (χ0v) is 9.73. The fourth-order valence-electron chi connectivity index (χ4n) is 1.75. The van der Waals surface area contributed by atoms with Crippen LogP contribution >= 0.6 is 0 Å². The van der Waals surface area contributed by atoms with E-state index in [-0.39, 0.29) is 11.4 Å². The normalized spacial score (nSPS) is 10.5. The van der Waals surface area contributed by atoms with Crippen LogP contribution in [-0.2, 0) is 11.3 Å². The van der Waals surface area contributed by atoms with E-state index in [1.54, 1.807) is 19.2 Å². The molecule has 0 saturated heterocycles. The number of nitrogens with one attached hydrogen (secondary N) is 1. The second kappa shape index (κ2) is 4.89. The number of urea groups is 1. The van der Waals surface area contributed by atoms with Crippen LogP contribution in [0.2, 0.25) is 0 Å². The Bertz CT molecular complexity index is 603. The highest BCUT2D eigenvalue weighted by Crippen LogP contribution is 2.30. The van der Waals surface area contributed by atoms with Gasteiger partial charge in [0.05, 0.1) is 6.61 Å². The lowest BCUT2D eigenvalue weighted by Gasteiger charge is -2.00. The Morgan fingerprint density at radius 2 is 2.33 bits per heavy atom. The molecule has 1 heterocycles. The summed E-state index contributed by atoms with van der Waals surface area (Å²) in [7, 11) is 1.59. The molecule has 0 saturated carbocycles. The van der Waals surface area contributed by atoms with Gasteiger partial charge < -0.3 is 20.2 Å². The highest BCUT2D eigenvalue weighted by atomic mass is 16.5. The summed E-state index contributed by atoms with van der Waals surface area (Å²) in [5.74, 6) is 0.0402. The Balaban J connectivity index is 2.54. The molecule has 0 atom stereocenters. The Morgan fingerprint density at radius 1 is 1.56 bits per heavy atom. The maximum atomic E-state index is 10.9. The molecule has 0 fully saturated rings. The number of hydrogen-bond donors (Lipinski definition) is 2. The van der Waals surface area contributed by atoms with Gasteiger partial charge in [0.15, 0.2) is 12.0 Å². The topological polar surface area (TPSA) is 94.6 Å². The molecule has 1 aromatic heterocycles. The van der Waals surface area contributed by atoms with E-state index >= 15 is 0 Å². The molecule has 2 rings (SSSR count). The molecule has 6 heteroatoms. The minimum atomic E-state index is -0.748. The number of amides is 2. The third-order valence-electron chi connectivity index (χ3n) is 2.45. The number of hydrogen-bond acceptors (Lipinski definition) is 4. The number of methoxy groups -OCH3 is 1. The van der Waals surface area contributed by atoms with Crippen LogP contribution in [0, 0.1) is 0 Å². The van der Waals surface area contributed by atoms with E-state index in [0.717, 1.165) is 5.56 Å². The highest BCUT2D eigenvalue weighted by molar-refractivity contribution is 6.05. The number of ether oxygens (including phenoxy) is 1. The summed E-state index contributed by atoms with van der Waals surface area (Å²) >= 11 is 0. The van der Waals surface area contributed by atoms with E-state index in [9.17, 15) is 9.59 Å². The first kappa shape index (κ1) is 12.1. The minimum Gasteiger partial charge on any atom is -0.451 e. The first-order valence-electron chi connectivity index (χ1n) is 5.21. The smallest absolute Gasteiger partial charge is 0.316 e. The molecular weight excluding hydrogens is 236 g/mol. The molecule has 0 aliphatic carbocycles. The van der Waals surface area contributed by atoms with Crippen molar-refractivity contribution in [1.82, 2.24) is 0 Å². The van der Waals surface area contributed by atoms with Crippen LogP contribution in [-0.4, -0.2) is 19.4 Å². The zero-order chi connectivity index (χ0) is 13.1. The van der Waals surface area contributed by atoms with E-state index in [1.165, 1.54) is 0 Å². The first-order valence-corrected chi connectivity index (χ1v) is 5.21. The van der Waals surface area contributed by atoms with Crippen molar-refractivity contribution in [2.75, 3.05) is 12.4 Å². The fraction of sp³-hybridized carbons (Fsp3) is 0.167. The summed E-state index contributed by atoms with van der Waals surface area (Å²) in [5, 5.41) is 3.00. The highest BCUT2D eigenvalue weighted by Gasteiger charge is 2.15. The minimum absolute atomic E-state index is 0.0402. The Hall–Kier alpha value is -2.34. The van der Waals surface area contributed by atoms with Gasteiger partial charge in [0.2, 0.25) is 0 Å². The van der Waals surface area contributed by atoms with E-state index in [0.29, 0.717) is 23.9 Å². The molecule has 94 valence electrons. The monoisotopic (exact) mass is 248 g/mol. The third kappa shape index (κ3) is 2.18. The van der Waals surface area contributed by atoms with Gasteiger partial charge in [-0.1, -0.05) is 6.07 Å². The Morgan fingerprint density at radius 3 is 2.94 bits per heavy atom. The summed E-state index contributed by atoms with van der Waals surface area (Å²) in [6, 6.07) is 4.56. The standard InChI is InChI=1S/C12H12N2O4/c1-17-6-7-2-3-8-9(4-7)18-10(5-15)11(8)14-12(13)16/h2-5H,6H2,1H3,(H3,13,14,16). The van der Waals surface area contributed by atoms with Gasteiger partial charge in [-0.2, -0.15) is 0 Å². The van der Waals surface area contributed by atoms with Crippen molar-refractivity contribution in [1.29, 1.82) is 0 Å². The van der Waals surface area contributed by atoms with Gasteiger partial charge in [-0.15, -0.1) is 0 Å². The number of benzene rings is 1. The van der Waals surface area contributed by atoms with Crippen LogP contribution in [0.15, 0.2) is 22.6 Å². The van der Waals surface area contributed by atoms with Crippen LogP contribution < -0.4 is 11.1 Å². The predicted octanol–water partition coefficient (Wildman–Crippen LogP) is 1.88. The lowest BCUT2D eigenvalue weighted by Crippen LogP contribution is -2.19. The summed E-state index contributed by atoms with van der Waals surface area (Å²) < 4.78 is 10.3. The summed E-state index contributed by atoms with van der Waals surface area (Å²) in [4.78, 5) is 21.8. The van der Waals surface area contributed by atoms with E-state index in [1.807, 2.05) is 6.07 Å². The molecule has 18 heavy (non-hydrogen) atoms. The van der Waals surface area contributed by atoms with Crippen molar-refractivity contribution in [2.24, 2.45) is 5.73 Å². The number of furan rings is 1. The number of fused-ring (bicyclic) bond motifs is 1. The molecule has 3 N–H and O–H groups in total. The van der Waals surface area contributed by atoms with Gasteiger partial charge in [0.1, 0.15) is 11.3 Å². The number of nitrogens with two attached hydrogens (primary N) is 1. The summed E-state index contributed by atoms with van der Waals surface area (Å²) in [6.07, 6.45) is 0.529. The van der Waals surface area contributed by atoms with E-state index < -0.39 is 6.03 Å². The Kier molecular flexibility index (Phi) is 3.29. The molecule has 0 spiro atoms. The third-order valence-corrected chi connectivity index (χ3v) is 2.45. The van der Waals surface area contributed by atoms with Crippen molar-refractivity contribution in [3.63, 3.8) is 0 Å². The average molecular weight is 248 g/mol. The van der Waals surface area contributed by atoms with Crippen LogP contribution in [0.1, 0.15) is 16.1 Å². The quantitative estimate of drug-likeness (QED) is 0.807. The SMILES string of the molecule is COCc1ccc2c(NC(N)=O)c(C=O)oc2c1. The maximum Gasteiger partial charge on any atom is 0.316 e. The number of carbonyl (C=O) groups is 2. The first-order chi connectivity index (χ1) is 8.65. The van der Waals surface area contributed by atoms with Crippen molar-refractivity contribution < 1.29 is 18.7 Å². The predicted molar refractivity (Wildman–Crippen MR) is 65.5 cm³/mol. The molecule has 0 radical (unpaired) electrons. The van der Waals surface area contributed by atoms with E-state index in [2.05, 4.69) is 5.32 Å². The number of primary amides is 1. The zero-order valence-electron chi connectivity index (χ0n) is 9.73. The molecule has 2 amide bonds. The van der Waals surface area contributed by atoms with E-state index in [4.69, 9.17) is 14.9 Å².